The first kappa shape index (κ1) is 12.8. The first-order valence-electron chi connectivity index (χ1n) is 6.12. The fraction of sp³-hybridized carbons (Fsp3) is 0.188. The van der Waals surface area contributed by atoms with E-state index >= 15 is 0 Å². The van der Waals surface area contributed by atoms with E-state index in [-0.39, 0.29) is 9.75 Å². The van der Waals surface area contributed by atoms with Crippen molar-refractivity contribution in [2.24, 2.45) is 0 Å². The van der Waals surface area contributed by atoms with Crippen LogP contribution < -0.4 is 5.43 Å². The van der Waals surface area contributed by atoms with Crippen molar-refractivity contribution in [1.29, 1.82) is 0 Å². The molecule has 0 unspecified atom stereocenters. The van der Waals surface area contributed by atoms with Gasteiger partial charge < -0.3 is 0 Å². The van der Waals surface area contributed by atoms with Gasteiger partial charge in [-0.1, -0.05) is 34.1 Å². The van der Waals surface area contributed by atoms with Crippen LogP contribution in [-0.4, -0.2) is 0 Å². The van der Waals surface area contributed by atoms with Gasteiger partial charge in [-0.2, -0.15) is 0 Å². The predicted molar refractivity (Wildman–Crippen MR) is 87.6 cm³/mol. The molecular weight excluding hydrogens is 320 g/mol. The van der Waals surface area contributed by atoms with Crippen LogP contribution in [0, 0.1) is 0 Å². The van der Waals surface area contributed by atoms with Crippen LogP contribution in [-0.2, 0) is 4.32 Å². The Labute approximate surface area is 124 Å². The largest absolute Gasteiger partial charge is 0.289 e. The molecule has 0 aliphatic rings. The Kier molecular flexibility index (Phi) is 2.99. The van der Waals surface area contributed by atoms with Crippen LogP contribution in [0.5, 0.6) is 0 Å². The van der Waals surface area contributed by atoms with Crippen LogP contribution in [0.15, 0.2) is 47.3 Å². The van der Waals surface area contributed by atoms with Crippen LogP contribution in [0.2, 0.25) is 0 Å². The summed E-state index contributed by atoms with van der Waals surface area (Å²) in [6, 6.07) is 13.9. The first-order chi connectivity index (χ1) is 8.97. The monoisotopic (exact) mass is 332 g/mol. The molecule has 0 saturated carbocycles. The quantitative estimate of drug-likeness (QED) is 0.450. The maximum absolute atomic E-state index is 12.6. The maximum Gasteiger partial charge on any atom is 0.195 e. The van der Waals surface area contributed by atoms with Gasteiger partial charge in [-0.15, -0.1) is 11.3 Å². The minimum Gasteiger partial charge on any atom is -0.289 e. The van der Waals surface area contributed by atoms with Crippen LogP contribution >= 0.6 is 27.3 Å². The summed E-state index contributed by atoms with van der Waals surface area (Å²) in [5.41, 5.74) is 1.25. The van der Waals surface area contributed by atoms with E-state index < -0.39 is 0 Å². The van der Waals surface area contributed by atoms with Gasteiger partial charge in [-0.25, -0.2) is 0 Å². The molecule has 96 valence electrons. The molecule has 0 spiro atoms. The summed E-state index contributed by atoms with van der Waals surface area (Å²) in [5.74, 6) is 0. The van der Waals surface area contributed by atoms with Crippen molar-refractivity contribution in [2.45, 2.75) is 18.2 Å². The Morgan fingerprint density at radius 2 is 1.68 bits per heavy atom. The standard InChI is InChI=1S/C16H13BrOS/c1-16(2,17)10-7-8-14-12(9-10)15(18)11-5-3-4-6-13(11)19-14/h3-9H,1-2H3. The first-order valence-corrected chi connectivity index (χ1v) is 7.73. The van der Waals surface area contributed by atoms with Gasteiger partial charge in [0.2, 0.25) is 0 Å². The summed E-state index contributed by atoms with van der Waals surface area (Å²) in [6.45, 7) is 4.17. The second kappa shape index (κ2) is 4.43. The van der Waals surface area contributed by atoms with Crippen LogP contribution in [0.3, 0.4) is 0 Å². The lowest BCUT2D eigenvalue weighted by atomic mass is 10.0. The van der Waals surface area contributed by atoms with Crippen LogP contribution in [0.4, 0.5) is 0 Å². The number of hydrogen-bond donors (Lipinski definition) is 0. The van der Waals surface area contributed by atoms with Crippen LogP contribution in [0.25, 0.3) is 20.2 Å². The van der Waals surface area contributed by atoms with E-state index in [1.807, 2.05) is 36.4 Å². The molecule has 3 aromatic rings. The van der Waals surface area contributed by atoms with E-state index in [1.54, 1.807) is 11.3 Å². The van der Waals surface area contributed by atoms with Crippen molar-refractivity contribution in [1.82, 2.24) is 0 Å². The third-order valence-corrected chi connectivity index (χ3v) is 4.87. The van der Waals surface area contributed by atoms with E-state index in [4.69, 9.17) is 0 Å². The van der Waals surface area contributed by atoms with Gasteiger partial charge in [0.25, 0.3) is 0 Å². The molecule has 0 atom stereocenters. The highest BCUT2D eigenvalue weighted by atomic mass is 79.9. The van der Waals surface area contributed by atoms with Crippen molar-refractivity contribution in [3.05, 3.63) is 58.3 Å². The Hall–Kier alpha value is -1.19. The normalized spacial score (nSPS) is 12.2. The van der Waals surface area contributed by atoms with E-state index in [9.17, 15) is 4.79 Å². The Balaban J connectivity index is 2.43. The molecular formula is C16H13BrOS. The summed E-state index contributed by atoms with van der Waals surface area (Å²) in [6.07, 6.45) is 0. The number of alkyl halides is 1. The summed E-state index contributed by atoms with van der Waals surface area (Å²) < 4.78 is 1.97. The molecule has 0 aliphatic heterocycles. The molecule has 0 bridgehead atoms. The molecule has 0 radical (unpaired) electrons. The average molecular weight is 333 g/mol. The molecule has 0 fully saturated rings. The molecule has 1 nitrogen and oxygen atoms in total. The smallest absolute Gasteiger partial charge is 0.195 e. The molecule has 3 heteroatoms. The van der Waals surface area contributed by atoms with Gasteiger partial charge in [0.15, 0.2) is 5.43 Å². The molecule has 2 aromatic carbocycles. The van der Waals surface area contributed by atoms with Gasteiger partial charge in [-0.3, -0.25) is 4.79 Å². The van der Waals surface area contributed by atoms with Gasteiger partial charge in [0, 0.05) is 24.5 Å². The van der Waals surface area contributed by atoms with Crippen molar-refractivity contribution in [3.8, 4) is 0 Å². The zero-order chi connectivity index (χ0) is 13.6. The minimum absolute atomic E-state index is 0.121. The fourth-order valence-electron chi connectivity index (χ4n) is 2.17. The van der Waals surface area contributed by atoms with Crippen molar-refractivity contribution < 1.29 is 0 Å². The van der Waals surface area contributed by atoms with E-state index in [0.717, 1.165) is 25.7 Å². The predicted octanol–water partition coefficient (Wildman–Crippen LogP) is 5.04. The topological polar surface area (TPSA) is 17.1 Å². The van der Waals surface area contributed by atoms with Crippen LogP contribution in [0.1, 0.15) is 19.4 Å². The summed E-state index contributed by atoms with van der Waals surface area (Å²) >= 11 is 5.32. The number of rotatable bonds is 1. The lowest BCUT2D eigenvalue weighted by Crippen LogP contribution is -2.08. The van der Waals surface area contributed by atoms with Crippen molar-refractivity contribution in [2.75, 3.05) is 0 Å². The second-order valence-corrected chi connectivity index (χ2v) is 8.18. The zero-order valence-corrected chi connectivity index (χ0v) is 13.1. The molecule has 0 saturated heterocycles. The summed E-state index contributed by atoms with van der Waals surface area (Å²) in [4.78, 5) is 12.6. The van der Waals surface area contributed by atoms with E-state index in [2.05, 4.69) is 35.8 Å². The molecule has 0 aliphatic carbocycles. The third-order valence-electron chi connectivity index (χ3n) is 3.26. The molecule has 1 heterocycles. The lowest BCUT2D eigenvalue weighted by Gasteiger charge is -2.17. The zero-order valence-electron chi connectivity index (χ0n) is 10.7. The number of halogens is 1. The third kappa shape index (κ3) is 2.21. The van der Waals surface area contributed by atoms with E-state index in [1.165, 1.54) is 0 Å². The van der Waals surface area contributed by atoms with Gasteiger partial charge in [-0.05, 0) is 43.7 Å². The minimum atomic E-state index is -0.121. The van der Waals surface area contributed by atoms with Gasteiger partial charge in [0.05, 0.1) is 0 Å². The average Bonchev–Trinajstić information content (AvgIpc) is 2.37. The number of benzene rings is 2. The Morgan fingerprint density at radius 3 is 2.42 bits per heavy atom. The number of fused-ring (bicyclic) bond motifs is 2. The Bertz CT molecular complexity index is 827. The fourth-order valence-corrected chi connectivity index (χ4v) is 3.47. The SMILES string of the molecule is CC(C)(Br)c1ccc2sc3ccccc3c(=O)c2c1. The van der Waals surface area contributed by atoms with Gasteiger partial charge >= 0.3 is 0 Å². The second-order valence-electron chi connectivity index (χ2n) is 5.11. The van der Waals surface area contributed by atoms with Gasteiger partial charge in [0.1, 0.15) is 0 Å². The van der Waals surface area contributed by atoms with Crippen molar-refractivity contribution >= 4 is 47.4 Å². The highest BCUT2D eigenvalue weighted by Gasteiger charge is 2.17. The summed E-state index contributed by atoms with van der Waals surface area (Å²) in [5, 5.41) is 1.62. The molecule has 1 aromatic heterocycles. The summed E-state index contributed by atoms with van der Waals surface area (Å²) in [7, 11) is 0. The van der Waals surface area contributed by atoms with E-state index in [0.29, 0.717) is 0 Å². The highest BCUT2D eigenvalue weighted by Crippen LogP contribution is 2.33. The molecule has 0 amide bonds. The Morgan fingerprint density at radius 1 is 1.00 bits per heavy atom. The highest BCUT2D eigenvalue weighted by molar-refractivity contribution is 9.09. The van der Waals surface area contributed by atoms with Crippen molar-refractivity contribution in [3.63, 3.8) is 0 Å². The molecule has 19 heavy (non-hydrogen) atoms. The molecule has 0 N–H and O–H groups in total. The maximum atomic E-state index is 12.6. The number of hydrogen-bond acceptors (Lipinski definition) is 2. The molecule has 3 rings (SSSR count). The lowest BCUT2D eigenvalue weighted by molar-refractivity contribution is 0.805.